The van der Waals surface area contributed by atoms with Gasteiger partial charge in [0.25, 0.3) is 0 Å². The lowest BCUT2D eigenvalue weighted by atomic mass is 9.98. The molecule has 5 nitrogen and oxygen atoms in total. The third-order valence-corrected chi connectivity index (χ3v) is 5.87. The molecule has 0 spiro atoms. The van der Waals surface area contributed by atoms with E-state index in [4.69, 9.17) is 9.47 Å². The number of carbonyl (C=O) groups is 2. The minimum atomic E-state index is -4.22. The Hall–Kier alpha value is -3.03. The summed E-state index contributed by atoms with van der Waals surface area (Å²) in [5.74, 6) is -0.762. The SMILES string of the molecule is CCCCC(NC(=O)OCC1c2ccccc2-c2ccccc21)C(=O)OCCCCC(F)(F)F. The first kappa shape index (κ1) is 25.6. The lowest BCUT2D eigenvalue weighted by molar-refractivity contribution is -0.147. The van der Waals surface area contributed by atoms with Crippen LogP contribution in [0.25, 0.3) is 11.1 Å². The number of nitrogens with one attached hydrogen (secondary N) is 1. The number of hydrogen-bond acceptors (Lipinski definition) is 4. The first-order valence-electron chi connectivity index (χ1n) is 11.6. The Labute approximate surface area is 197 Å². The van der Waals surface area contributed by atoms with Crippen molar-refractivity contribution in [2.45, 2.75) is 63.6 Å². The van der Waals surface area contributed by atoms with Crippen LogP contribution in [-0.4, -0.2) is 37.5 Å². The fraction of sp³-hybridized carbons (Fsp3) is 0.462. The number of carbonyl (C=O) groups excluding carboxylic acids is 2. The normalized spacial score (nSPS) is 13.6. The summed E-state index contributed by atoms with van der Waals surface area (Å²) < 4.78 is 47.3. The number of hydrogen-bond donors (Lipinski definition) is 1. The molecule has 0 bridgehead atoms. The van der Waals surface area contributed by atoms with Crippen LogP contribution in [0, 0.1) is 0 Å². The fourth-order valence-electron chi connectivity index (χ4n) is 4.14. The highest BCUT2D eigenvalue weighted by Crippen LogP contribution is 2.44. The first-order valence-corrected chi connectivity index (χ1v) is 11.6. The van der Waals surface area contributed by atoms with E-state index in [0.29, 0.717) is 12.8 Å². The van der Waals surface area contributed by atoms with Crippen molar-refractivity contribution in [3.63, 3.8) is 0 Å². The molecule has 0 saturated carbocycles. The zero-order valence-corrected chi connectivity index (χ0v) is 19.2. The number of unbranched alkanes of at least 4 members (excludes halogenated alkanes) is 2. The maximum Gasteiger partial charge on any atom is 0.407 e. The van der Waals surface area contributed by atoms with E-state index in [1.54, 1.807) is 0 Å². The highest BCUT2D eigenvalue weighted by molar-refractivity contribution is 5.82. The van der Waals surface area contributed by atoms with Gasteiger partial charge in [0.2, 0.25) is 0 Å². The Morgan fingerprint density at radius 2 is 1.56 bits per heavy atom. The molecule has 184 valence electrons. The zero-order chi connectivity index (χ0) is 24.6. The third-order valence-electron chi connectivity index (χ3n) is 5.87. The van der Waals surface area contributed by atoms with E-state index in [9.17, 15) is 22.8 Å². The largest absolute Gasteiger partial charge is 0.464 e. The summed E-state index contributed by atoms with van der Waals surface area (Å²) in [6, 6.07) is 15.0. The van der Waals surface area contributed by atoms with E-state index >= 15 is 0 Å². The minimum absolute atomic E-state index is 0.104. The standard InChI is InChI=1S/C26H30F3NO4/c1-2-3-14-23(24(31)33-16-9-8-15-26(27,28)29)30-25(32)34-17-22-20-12-6-4-10-18(20)19-11-5-7-13-21(19)22/h4-7,10-13,22-23H,2-3,8-9,14-17H2,1H3,(H,30,32). The van der Waals surface area contributed by atoms with Crippen molar-refractivity contribution < 1.29 is 32.2 Å². The number of amides is 1. The second-order valence-electron chi connectivity index (χ2n) is 8.40. The van der Waals surface area contributed by atoms with Gasteiger partial charge in [0.15, 0.2) is 0 Å². The smallest absolute Gasteiger partial charge is 0.407 e. The lowest BCUT2D eigenvalue weighted by Crippen LogP contribution is -2.42. The Kier molecular flexibility index (Phi) is 8.96. The number of rotatable bonds is 11. The number of alkyl halides is 3. The number of halogens is 3. The number of esters is 1. The van der Waals surface area contributed by atoms with Crippen LogP contribution in [0.3, 0.4) is 0 Å². The van der Waals surface area contributed by atoms with Crippen LogP contribution in [0.1, 0.15) is 62.5 Å². The summed E-state index contributed by atoms with van der Waals surface area (Å²) >= 11 is 0. The maximum absolute atomic E-state index is 12.5. The van der Waals surface area contributed by atoms with E-state index in [-0.39, 0.29) is 32.0 Å². The maximum atomic E-state index is 12.5. The summed E-state index contributed by atoms with van der Waals surface area (Å²) in [4.78, 5) is 24.9. The monoisotopic (exact) mass is 477 g/mol. The van der Waals surface area contributed by atoms with E-state index in [1.807, 2.05) is 55.5 Å². The van der Waals surface area contributed by atoms with Crippen molar-refractivity contribution in [1.82, 2.24) is 5.32 Å². The molecule has 0 aliphatic heterocycles. The average molecular weight is 478 g/mol. The second kappa shape index (κ2) is 11.9. The Bertz CT molecular complexity index is 931. The number of alkyl carbamates (subject to hydrolysis) is 1. The van der Waals surface area contributed by atoms with E-state index < -0.39 is 30.7 Å². The number of ether oxygens (including phenoxy) is 2. The van der Waals surface area contributed by atoms with Crippen molar-refractivity contribution in [1.29, 1.82) is 0 Å². The molecule has 8 heteroatoms. The van der Waals surface area contributed by atoms with Gasteiger partial charge in [0, 0.05) is 12.3 Å². The van der Waals surface area contributed by atoms with Gasteiger partial charge in [-0.25, -0.2) is 9.59 Å². The molecule has 34 heavy (non-hydrogen) atoms. The average Bonchev–Trinajstić information content (AvgIpc) is 3.13. The topological polar surface area (TPSA) is 64.6 Å². The molecule has 0 fully saturated rings. The molecule has 1 amide bonds. The van der Waals surface area contributed by atoms with Crippen LogP contribution in [0.4, 0.5) is 18.0 Å². The van der Waals surface area contributed by atoms with Gasteiger partial charge in [-0.2, -0.15) is 13.2 Å². The van der Waals surface area contributed by atoms with Crippen LogP contribution in [-0.2, 0) is 14.3 Å². The zero-order valence-electron chi connectivity index (χ0n) is 19.2. The van der Waals surface area contributed by atoms with Gasteiger partial charge in [-0.05, 0) is 41.5 Å². The Morgan fingerprint density at radius 3 is 2.15 bits per heavy atom. The van der Waals surface area contributed by atoms with E-state index in [2.05, 4.69) is 5.32 Å². The van der Waals surface area contributed by atoms with Gasteiger partial charge in [-0.15, -0.1) is 0 Å². The predicted octanol–water partition coefficient (Wildman–Crippen LogP) is 6.36. The van der Waals surface area contributed by atoms with Crippen LogP contribution in [0.2, 0.25) is 0 Å². The Morgan fingerprint density at radius 1 is 0.941 bits per heavy atom. The minimum Gasteiger partial charge on any atom is -0.464 e. The van der Waals surface area contributed by atoms with Crippen LogP contribution >= 0.6 is 0 Å². The van der Waals surface area contributed by atoms with Crippen molar-refractivity contribution in [3.8, 4) is 11.1 Å². The van der Waals surface area contributed by atoms with Gasteiger partial charge in [0.1, 0.15) is 12.6 Å². The molecule has 1 unspecified atom stereocenters. The molecule has 1 N–H and O–H groups in total. The summed E-state index contributed by atoms with van der Waals surface area (Å²) in [5, 5.41) is 2.57. The molecule has 2 aromatic carbocycles. The molecular weight excluding hydrogens is 447 g/mol. The molecule has 0 saturated heterocycles. The molecule has 0 radical (unpaired) electrons. The summed E-state index contributed by atoms with van der Waals surface area (Å²) in [6.45, 7) is 1.95. The van der Waals surface area contributed by atoms with Crippen LogP contribution < -0.4 is 5.32 Å². The quantitative estimate of drug-likeness (QED) is 0.302. The molecule has 1 aliphatic carbocycles. The van der Waals surface area contributed by atoms with Crippen molar-refractivity contribution in [2.75, 3.05) is 13.2 Å². The third kappa shape index (κ3) is 6.98. The summed E-state index contributed by atoms with van der Waals surface area (Å²) in [6.07, 6.45) is -4.02. The van der Waals surface area contributed by atoms with Gasteiger partial charge in [0.05, 0.1) is 6.61 Å². The summed E-state index contributed by atoms with van der Waals surface area (Å²) in [5.41, 5.74) is 4.39. The Balaban J connectivity index is 1.53. The molecule has 3 rings (SSSR count). The highest BCUT2D eigenvalue weighted by atomic mass is 19.4. The number of benzene rings is 2. The molecule has 2 aromatic rings. The van der Waals surface area contributed by atoms with Crippen molar-refractivity contribution in [3.05, 3.63) is 59.7 Å². The predicted molar refractivity (Wildman–Crippen MR) is 122 cm³/mol. The van der Waals surface area contributed by atoms with Gasteiger partial charge in [-0.1, -0.05) is 68.3 Å². The van der Waals surface area contributed by atoms with Crippen LogP contribution in [0.15, 0.2) is 48.5 Å². The van der Waals surface area contributed by atoms with Gasteiger partial charge in [-0.3, -0.25) is 0 Å². The number of fused-ring (bicyclic) bond motifs is 3. The molecular formula is C26H30F3NO4. The molecule has 1 atom stereocenters. The van der Waals surface area contributed by atoms with Gasteiger partial charge >= 0.3 is 18.2 Å². The summed E-state index contributed by atoms with van der Waals surface area (Å²) in [7, 11) is 0. The van der Waals surface area contributed by atoms with Crippen molar-refractivity contribution >= 4 is 12.1 Å². The van der Waals surface area contributed by atoms with Crippen LogP contribution in [0.5, 0.6) is 0 Å². The first-order chi connectivity index (χ1) is 16.3. The van der Waals surface area contributed by atoms with Crippen molar-refractivity contribution in [2.24, 2.45) is 0 Å². The van der Waals surface area contributed by atoms with E-state index in [0.717, 1.165) is 28.7 Å². The van der Waals surface area contributed by atoms with E-state index in [1.165, 1.54) is 0 Å². The molecule has 0 aromatic heterocycles. The fourth-order valence-corrected chi connectivity index (χ4v) is 4.14. The molecule has 0 heterocycles. The highest BCUT2D eigenvalue weighted by Gasteiger charge is 2.30. The lowest BCUT2D eigenvalue weighted by Gasteiger charge is -2.19. The van der Waals surface area contributed by atoms with Gasteiger partial charge < -0.3 is 14.8 Å². The molecule has 1 aliphatic rings. The second-order valence-corrected chi connectivity index (χ2v) is 8.40.